The van der Waals surface area contributed by atoms with Gasteiger partial charge in [-0.2, -0.15) is 0 Å². The summed E-state index contributed by atoms with van der Waals surface area (Å²) < 4.78 is 0. The van der Waals surface area contributed by atoms with Gasteiger partial charge in [-0.15, -0.1) is 0 Å². The van der Waals surface area contributed by atoms with E-state index in [4.69, 9.17) is 0 Å². The molecule has 1 aliphatic heterocycles. The molecular weight excluding hydrogens is 222 g/mol. The summed E-state index contributed by atoms with van der Waals surface area (Å²) in [5.74, 6) is 0.927. The number of fused-ring (bicyclic) bond motifs is 1. The average molecular weight is 245 g/mol. The number of aliphatic hydroxyl groups is 1. The maximum Gasteiger partial charge on any atom is 0.0552 e. The van der Waals surface area contributed by atoms with E-state index in [9.17, 15) is 5.11 Å². The molecule has 2 aliphatic rings. The van der Waals surface area contributed by atoms with Gasteiger partial charge in [-0.1, -0.05) is 18.6 Å². The van der Waals surface area contributed by atoms with Gasteiger partial charge in [0.25, 0.3) is 0 Å². The quantitative estimate of drug-likeness (QED) is 0.881. The summed E-state index contributed by atoms with van der Waals surface area (Å²) in [6.45, 7) is 4.29. The van der Waals surface area contributed by atoms with E-state index in [1.165, 1.54) is 55.6 Å². The minimum absolute atomic E-state index is 0.246. The Labute approximate surface area is 110 Å². The van der Waals surface area contributed by atoms with Crippen LogP contribution in [0, 0.1) is 5.92 Å². The second-order valence-electron chi connectivity index (χ2n) is 6.01. The molecule has 0 saturated heterocycles. The molecule has 2 heteroatoms. The van der Waals surface area contributed by atoms with Gasteiger partial charge in [0.15, 0.2) is 0 Å². The minimum Gasteiger partial charge on any atom is -0.393 e. The van der Waals surface area contributed by atoms with Gasteiger partial charge in [-0.3, -0.25) is 0 Å². The maximum atomic E-state index is 9.50. The predicted molar refractivity (Wildman–Crippen MR) is 75.1 cm³/mol. The van der Waals surface area contributed by atoms with E-state index in [1.54, 1.807) is 0 Å². The molecule has 0 radical (unpaired) electrons. The fourth-order valence-corrected chi connectivity index (χ4v) is 3.14. The highest BCUT2D eigenvalue weighted by Gasteiger charge is 2.25. The number of nitrogens with zero attached hydrogens (tertiary/aromatic N) is 1. The van der Waals surface area contributed by atoms with E-state index < -0.39 is 0 Å². The predicted octanol–water partition coefficient (Wildman–Crippen LogP) is 2.77. The number of hydrogen-bond donors (Lipinski definition) is 1. The van der Waals surface area contributed by atoms with Crippen molar-refractivity contribution in [3.63, 3.8) is 0 Å². The van der Waals surface area contributed by atoms with E-state index in [1.807, 2.05) is 6.92 Å². The lowest BCUT2D eigenvalue weighted by atomic mass is 9.85. The van der Waals surface area contributed by atoms with Gasteiger partial charge < -0.3 is 10.0 Å². The molecule has 1 fully saturated rings. The van der Waals surface area contributed by atoms with Gasteiger partial charge in [0.05, 0.1) is 6.10 Å². The van der Waals surface area contributed by atoms with Crippen LogP contribution in [0.15, 0.2) is 18.2 Å². The van der Waals surface area contributed by atoms with Gasteiger partial charge in [-0.25, -0.2) is 0 Å². The van der Waals surface area contributed by atoms with Crippen molar-refractivity contribution in [1.82, 2.24) is 0 Å². The highest BCUT2D eigenvalue weighted by Crippen LogP contribution is 2.34. The SMILES string of the molecule is CC(O)Cc1ccc2c(c1)N(CC1CCC1)CC2. The van der Waals surface area contributed by atoms with Gasteiger partial charge in [0.2, 0.25) is 0 Å². The van der Waals surface area contributed by atoms with Crippen LogP contribution >= 0.6 is 0 Å². The molecule has 1 aromatic rings. The van der Waals surface area contributed by atoms with Crippen LogP contribution in [0.2, 0.25) is 0 Å². The zero-order valence-electron chi connectivity index (χ0n) is 11.2. The Morgan fingerprint density at radius 2 is 2.22 bits per heavy atom. The van der Waals surface area contributed by atoms with Crippen molar-refractivity contribution in [3.8, 4) is 0 Å². The second kappa shape index (κ2) is 4.93. The number of aliphatic hydroxyl groups excluding tert-OH is 1. The molecule has 98 valence electrons. The molecule has 3 rings (SSSR count). The molecule has 0 amide bonds. The summed E-state index contributed by atoms with van der Waals surface area (Å²) in [4.78, 5) is 2.56. The molecule has 2 nitrogen and oxygen atoms in total. The van der Waals surface area contributed by atoms with Gasteiger partial charge in [0, 0.05) is 18.8 Å². The van der Waals surface area contributed by atoms with Gasteiger partial charge in [0.1, 0.15) is 0 Å². The topological polar surface area (TPSA) is 23.5 Å². The average Bonchev–Trinajstić information content (AvgIpc) is 2.65. The molecule has 18 heavy (non-hydrogen) atoms. The van der Waals surface area contributed by atoms with Crippen LogP contribution in [0.3, 0.4) is 0 Å². The lowest BCUT2D eigenvalue weighted by molar-refractivity contribution is 0.195. The van der Waals surface area contributed by atoms with Crippen molar-refractivity contribution in [3.05, 3.63) is 29.3 Å². The third kappa shape index (κ3) is 2.39. The zero-order chi connectivity index (χ0) is 12.5. The summed E-state index contributed by atoms with van der Waals surface area (Å²) in [7, 11) is 0. The van der Waals surface area contributed by atoms with E-state index in [0.29, 0.717) is 0 Å². The van der Waals surface area contributed by atoms with Gasteiger partial charge in [-0.05, 0) is 55.7 Å². The fraction of sp³-hybridized carbons (Fsp3) is 0.625. The lowest BCUT2D eigenvalue weighted by Crippen LogP contribution is -2.31. The maximum absolute atomic E-state index is 9.50. The van der Waals surface area contributed by atoms with Crippen molar-refractivity contribution < 1.29 is 5.11 Å². The fourth-order valence-electron chi connectivity index (χ4n) is 3.14. The van der Waals surface area contributed by atoms with Crippen molar-refractivity contribution in [2.24, 2.45) is 5.92 Å². The molecule has 1 aliphatic carbocycles. The van der Waals surface area contributed by atoms with E-state index in [0.717, 1.165) is 12.3 Å². The Morgan fingerprint density at radius 3 is 2.89 bits per heavy atom. The Kier molecular flexibility index (Phi) is 3.29. The Morgan fingerprint density at radius 1 is 1.39 bits per heavy atom. The number of benzene rings is 1. The minimum atomic E-state index is -0.246. The Bertz CT molecular complexity index is 423. The first-order chi connectivity index (χ1) is 8.72. The van der Waals surface area contributed by atoms with Crippen LogP contribution in [0.5, 0.6) is 0 Å². The summed E-state index contributed by atoms with van der Waals surface area (Å²) in [5, 5.41) is 9.50. The second-order valence-corrected chi connectivity index (χ2v) is 6.01. The first-order valence-corrected chi connectivity index (χ1v) is 7.27. The van der Waals surface area contributed by atoms with Crippen LogP contribution in [0.1, 0.15) is 37.3 Å². The van der Waals surface area contributed by atoms with Crippen LogP contribution < -0.4 is 4.90 Å². The highest BCUT2D eigenvalue weighted by molar-refractivity contribution is 5.59. The molecule has 1 aromatic carbocycles. The third-order valence-electron chi connectivity index (χ3n) is 4.38. The lowest BCUT2D eigenvalue weighted by Gasteiger charge is -2.31. The Balaban J connectivity index is 1.75. The van der Waals surface area contributed by atoms with Crippen LogP contribution in [-0.2, 0) is 12.8 Å². The highest BCUT2D eigenvalue weighted by atomic mass is 16.3. The monoisotopic (exact) mass is 245 g/mol. The molecule has 1 unspecified atom stereocenters. The summed E-state index contributed by atoms with van der Waals surface area (Å²) in [6, 6.07) is 6.74. The first kappa shape index (κ1) is 12.0. The normalized spacial score (nSPS) is 20.7. The van der Waals surface area contributed by atoms with Crippen molar-refractivity contribution in [2.45, 2.75) is 45.1 Å². The van der Waals surface area contributed by atoms with E-state index in [2.05, 4.69) is 23.1 Å². The van der Waals surface area contributed by atoms with E-state index >= 15 is 0 Å². The molecule has 1 atom stereocenters. The third-order valence-corrected chi connectivity index (χ3v) is 4.38. The summed E-state index contributed by atoms with van der Waals surface area (Å²) >= 11 is 0. The largest absolute Gasteiger partial charge is 0.393 e. The first-order valence-electron chi connectivity index (χ1n) is 7.27. The molecule has 1 heterocycles. The van der Waals surface area contributed by atoms with Crippen molar-refractivity contribution in [1.29, 1.82) is 0 Å². The van der Waals surface area contributed by atoms with Crippen molar-refractivity contribution >= 4 is 5.69 Å². The van der Waals surface area contributed by atoms with Crippen LogP contribution in [0.4, 0.5) is 5.69 Å². The van der Waals surface area contributed by atoms with Crippen molar-refractivity contribution in [2.75, 3.05) is 18.0 Å². The van der Waals surface area contributed by atoms with Crippen LogP contribution in [-0.4, -0.2) is 24.3 Å². The summed E-state index contributed by atoms with van der Waals surface area (Å²) in [6.07, 6.45) is 5.97. The van der Waals surface area contributed by atoms with Crippen LogP contribution in [0.25, 0.3) is 0 Å². The van der Waals surface area contributed by atoms with E-state index in [-0.39, 0.29) is 6.10 Å². The summed E-state index contributed by atoms with van der Waals surface area (Å²) in [5.41, 5.74) is 4.19. The molecule has 0 spiro atoms. The molecular formula is C16H23NO. The smallest absolute Gasteiger partial charge is 0.0552 e. The standard InChI is InChI=1S/C16H23NO/c1-12(18)9-14-5-6-15-7-8-17(16(15)10-14)11-13-3-2-4-13/h5-6,10,12-13,18H,2-4,7-9,11H2,1H3. The molecule has 0 bridgehead atoms. The van der Waals surface area contributed by atoms with Gasteiger partial charge >= 0.3 is 0 Å². The molecule has 1 N–H and O–H groups in total. The number of hydrogen-bond acceptors (Lipinski definition) is 2. The zero-order valence-corrected chi connectivity index (χ0v) is 11.2. The number of rotatable bonds is 4. The Hall–Kier alpha value is -1.02. The number of anilines is 1. The molecule has 1 saturated carbocycles. The molecule has 0 aromatic heterocycles.